The molecule has 8 nitrogen and oxygen atoms in total. The summed E-state index contributed by atoms with van der Waals surface area (Å²) in [6.07, 6.45) is 3.22. The van der Waals surface area contributed by atoms with Crippen LogP contribution in [-0.2, 0) is 10.0 Å². The third-order valence-electron chi connectivity index (χ3n) is 4.92. The van der Waals surface area contributed by atoms with Crippen LogP contribution in [0.25, 0.3) is 11.5 Å². The topological polar surface area (TPSA) is 103 Å². The molecule has 0 N–H and O–H groups in total. The average molecular weight is 427 g/mol. The van der Waals surface area contributed by atoms with Crippen molar-refractivity contribution in [3.05, 3.63) is 59.8 Å². The summed E-state index contributed by atoms with van der Waals surface area (Å²) in [6.45, 7) is 2.59. The number of oxazole rings is 1. The molecule has 0 amide bonds. The van der Waals surface area contributed by atoms with Gasteiger partial charge in [-0.25, -0.2) is 12.8 Å². The maximum Gasteiger partial charge on any atom is 0.243 e. The van der Waals surface area contributed by atoms with E-state index in [-0.39, 0.29) is 35.1 Å². The van der Waals surface area contributed by atoms with Crippen molar-refractivity contribution < 1.29 is 17.2 Å². The summed E-state index contributed by atoms with van der Waals surface area (Å²) in [5, 5.41) is 9.44. The van der Waals surface area contributed by atoms with E-state index in [0.717, 1.165) is 6.07 Å². The van der Waals surface area contributed by atoms with Crippen LogP contribution in [0, 0.1) is 24.1 Å². The van der Waals surface area contributed by atoms with Crippen LogP contribution in [0.2, 0.25) is 0 Å². The third-order valence-corrected chi connectivity index (χ3v) is 6.81. The molecule has 154 valence electrons. The lowest BCUT2D eigenvalue weighted by molar-refractivity contribution is 0.374. The number of halogens is 1. The second kappa shape index (κ2) is 7.85. The molecular weight excluding hydrogens is 409 g/mol. The molecule has 1 aliphatic rings. The van der Waals surface area contributed by atoms with Crippen LogP contribution in [-0.4, -0.2) is 48.9 Å². The fraction of sp³-hybridized carbons (Fsp3) is 0.250. The highest BCUT2D eigenvalue weighted by Gasteiger charge is 2.31. The Hall–Kier alpha value is -3.29. The Bertz CT molecular complexity index is 1210. The van der Waals surface area contributed by atoms with Crippen molar-refractivity contribution in [2.45, 2.75) is 11.8 Å². The van der Waals surface area contributed by atoms with E-state index in [4.69, 9.17) is 4.42 Å². The number of sulfonamides is 1. The number of benzene rings is 1. The largest absolute Gasteiger partial charge is 0.419 e. The average Bonchev–Trinajstić information content (AvgIpc) is 3.21. The highest BCUT2D eigenvalue weighted by Crippen LogP contribution is 2.29. The number of nitriles is 1. The van der Waals surface area contributed by atoms with Crippen molar-refractivity contribution in [3.63, 3.8) is 0 Å². The van der Waals surface area contributed by atoms with Gasteiger partial charge in [0, 0.05) is 38.6 Å². The number of hydrogen-bond acceptors (Lipinski definition) is 7. The minimum absolute atomic E-state index is 0.0612. The summed E-state index contributed by atoms with van der Waals surface area (Å²) in [4.78, 5) is 10.1. The number of piperazine rings is 1. The summed E-state index contributed by atoms with van der Waals surface area (Å²) >= 11 is 0. The highest BCUT2D eigenvalue weighted by molar-refractivity contribution is 7.89. The van der Waals surface area contributed by atoms with Crippen molar-refractivity contribution in [2.75, 3.05) is 31.1 Å². The van der Waals surface area contributed by atoms with Gasteiger partial charge in [-0.05, 0) is 42.8 Å². The minimum atomic E-state index is -3.74. The molecule has 0 bridgehead atoms. The van der Waals surface area contributed by atoms with E-state index in [9.17, 15) is 18.1 Å². The number of nitrogens with zero attached hydrogens (tertiary/aromatic N) is 5. The molecule has 1 saturated heterocycles. The lowest BCUT2D eigenvalue weighted by Gasteiger charge is -2.33. The quantitative estimate of drug-likeness (QED) is 0.630. The number of rotatable bonds is 4. The molecule has 3 aromatic rings. The first-order valence-corrected chi connectivity index (χ1v) is 10.7. The number of hydrogen-bond donors (Lipinski definition) is 0. The fourth-order valence-corrected chi connectivity index (χ4v) is 4.78. The van der Waals surface area contributed by atoms with Gasteiger partial charge in [-0.3, -0.25) is 4.98 Å². The normalized spacial score (nSPS) is 15.2. The number of aryl methyl sites for hydroxylation is 1. The van der Waals surface area contributed by atoms with Gasteiger partial charge >= 0.3 is 0 Å². The summed E-state index contributed by atoms with van der Waals surface area (Å²) in [5.41, 5.74) is 1.06. The second-order valence-corrected chi connectivity index (χ2v) is 8.77. The number of anilines is 1. The van der Waals surface area contributed by atoms with Gasteiger partial charge in [0.25, 0.3) is 0 Å². The van der Waals surface area contributed by atoms with Crippen molar-refractivity contribution in [1.29, 1.82) is 5.26 Å². The Morgan fingerprint density at radius 2 is 1.97 bits per heavy atom. The van der Waals surface area contributed by atoms with E-state index in [1.165, 1.54) is 23.4 Å². The first-order chi connectivity index (χ1) is 14.4. The molecule has 0 atom stereocenters. The van der Waals surface area contributed by atoms with Gasteiger partial charge in [-0.1, -0.05) is 0 Å². The monoisotopic (exact) mass is 427 g/mol. The van der Waals surface area contributed by atoms with Gasteiger partial charge in [-0.2, -0.15) is 14.6 Å². The van der Waals surface area contributed by atoms with Crippen molar-refractivity contribution in [2.24, 2.45) is 0 Å². The summed E-state index contributed by atoms with van der Waals surface area (Å²) in [6, 6.07) is 9.31. The van der Waals surface area contributed by atoms with E-state index in [2.05, 4.69) is 9.97 Å². The zero-order valence-electron chi connectivity index (χ0n) is 16.1. The predicted molar refractivity (Wildman–Crippen MR) is 107 cm³/mol. The van der Waals surface area contributed by atoms with Crippen LogP contribution < -0.4 is 4.90 Å². The molecule has 0 radical (unpaired) electrons. The lowest BCUT2D eigenvalue weighted by atomic mass is 10.2. The van der Waals surface area contributed by atoms with E-state index >= 15 is 0 Å². The molecule has 3 heterocycles. The second-order valence-electron chi connectivity index (χ2n) is 6.83. The van der Waals surface area contributed by atoms with E-state index in [1.807, 2.05) is 6.07 Å². The molecule has 0 unspecified atom stereocenters. The maximum absolute atomic E-state index is 13.5. The van der Waals surface area contributed by atoms with Crippen LogP contribution in [0.1, 0.15) is 11.3 Å². The van der Waals surface area contributed by atoms with Crippen LogP contribution >= 0.6 is 0 Å². The standard InChI is InChI=1S/C20H18FN5O3S/c1-14-11-16(4-5-17(14)21)30(27,28)26-9-7-25(8-10-26)20-18(12-22)24-19(29-20)15-3-2-6-23-13-15/h2-6,11,13H,7-10H2,1H3. The fourth-order valence-electron chi connectivity index (χ4n) is 3.27. The molecule has 0 spiro atoms. The molecule has 30 heavy (non-hydrogen) atoms. The van der Waals surface area contributed by atoms with Gasteiger partial charge in [0.05, 0.1) is 10.5 Å². The molecule has 4 rings (SSSR count). The zero-order valence-corrected chi connectivity index (χ0v) is 16.9. The van der Waals surface area contributed by atoms with Gasteiger partial charge in [0.2, 0.25) is 27.5 Å². The van der Waals surface area contributed by atoms with E-state index < -0.39 is 15.8 Å². The summed E-state index contributed by atoms with van der Waals surface area (Å²) in [5.74, 6) is 0.148. The van der Waals surface area contributed by atoms with Crippen molar-refractivity contribution in [1.82, 2.24) is 14.3 Å². The van der Waals surface area contributed by atoms with Crippen molar-refractivity contribution >= 4 is 15.9 Å². The van der Waals surface area contributed by atoms with Crippen LogP contribution in [0.4, 0.5) is 10.3 Å². The third kappa shape index (κ3) is 3.65. The SMILES string of the molecule is Cc1cc(S(=O)(=O)N2CCN(c3oc(-c4cccnc4)nc3C#N)CC2)ccc1F. The Morgan fingerprint density at radius 3 is 2.60 bits per heavy atom. The minimum Gasteiger partial charge on any atom is -0.419 e. The number of pyridine rings is 1. The molecule has 1 aliphatic heterocycles. The highest BCUT2D eigenvalue weighted by atomic mass is 32.2. The molecule has 0 aliphatic carbocycles. The maximum atomic E-state index is 13.5. The van der Waals surface area contributed by atoms with Gasteiger partial charge < -0.3 is 9.32 Å². The Morgan fingerprint density at radius 1 is 1.20 bits per heavy atom. The van der Waals surface area contributed by atoms with Gasteiger partial charge in [0.1, 0.15) is 11.9 Å². The van der Waals surface area contributed by atoms with Crippen LogP contribution in [0.5, 0.6) is 0 Å². The predicted octanol–water partition coefficient (Wildman–Crippen LogP) is 2.57. The van der Waals surface area contributed by atoms with Crippen LogP contribution in [0.3, 0.4) is 0 Å². The molecule has 1 fully saturated rings. The Kier molecular flexibility index (Phi) is 5.24. The lowest BCUT2D eigenvalue weighted by Crippen LogP contribution is -2.48. The number of aromatic nitrogens is 2. The van der Waals surface area contributed by atoms with Gasteiger partial charge in [-0.15, -0.1) is 0 Å². The Balaban J connectivity index is 1.53. The zero-order chi connectivity index (χ0) is 21.3. The Labute approximate surface area is 173 Å². The van der Waals surface area contributed by atoms with Gasteiger partial charge in [0.15, 0.2) is 0 Å². The molecule has 0 saturated carbocycles. The smallest absolute Gasteiger partial charge is 0.243 e. The molecular formula is C20H18FN5O3S. The van der Waals surface area contributed by atoms with E-state index in [0.29, 0.717) is 24.5 Å². The van der Waals surface area contributed by atoms with E-state index in [1.54, 1.807) is 29.4 Å². The van der Waals surface area contributed by atoms with Crippen molar-refractivity contribution in [3.8, 4) is 17.5 Å². The molecule has 10 heteroatoms. The molecule has 1 aromatic carbocycles. The first kappa shape index (κ1) is 20.0. The first-order valence-electron chi connectivity index (χ1n) is 9.23. The van der Waals surface area contributed by atoms with Crippen LogP contribution in [0.15, 0.2) is 52.0 Å². The summed E-state index contributed by atoms with van der Waals surface area (Å²) < 4.78 is 46.5. The molecule has 2 aromatic heterocycles. The summed E-state index contributed by atoms with van der Waals surface area (Å²) in [7, 11) is -3.74.